The second-order valence-corrected chi connectivity index (χ2v) is 11.5. The summed E-state index contributed by atoms with van der Waals surface area (Å²) in [7, 11) is 3.60. The van der Waals surface area contributed by atoms with Crippen LogP contribution in [-0.4, -0.2) is 46.8 Å². The number of rotatable bonds is 18. The summed E-state index contributed by atoms with van der Waals surface area (Å²) >= 11 is 0. The Morgan fingerprint density at radius 3 is 1.73 bits per heavy atom. The molecule has 0 aromatic heterocycles. The summed E-state index contributed by atoms with van der Waals surface area (Å²) in [6, 6.07) is 0. The molecular formula is C24H40N2O5S2. The van der Waals surface area contributed by atoms with Gasteiger partial charge >= 0.3 is 5.97 Å². The van der Waals surface area contributed by atoms with Gasteiger partial charge in [-0.05, 0) is 12.8 Å². The Hall–Kier alpha value is -1.22. The van der Waals surface area contributed by atoms with Crippen LogP contribution in [0.2, 0.25) is 0 Å². The summed E-state index contributed by atoms with van der Waals surface area (Å²) in [6.07, 6.45) is 15.7. The maximum Gasteiger partial charge on any atom is 0.333 e. The lowest BCUT2D eigenvalue weighted by molar-refractivity contribution is -0.197. The number of amides is 3. The van der Waals surface area contributed by atoms with Gasteiger partial charge in [-0.3, -0.25) is 14.4 Å². The summed E-state index contributed by atoms with van der Waals surface area (Å²) in [4.78, 5) is 51.3. The first-order valence-corrected chi connectivity index (χ1v) is 15.2. The Bertz CT molecular complexity index is 610. The smallest absolute Gasteiger partial charge is 0.333 e. The van der Waals surface area contributed by atoms with Gasteiger partial charge in [0.15, 0.2) is 0 Å². The predicted octanol–water partition coefficient (Wildman–Crippen LogP) is 5.18. The van der Waals surface area contributed by atoms with Crippen molar-refractivity contribution in [2.24, 2.45) is 5.92 Å². The SMILES string of the molecule is O=C(CCCCCCCCCCCCCCCNC(=O)C1CSSC1)ON1C(=O)CCC1=O. The first-order chi connectivity index (χ1) is 16.1. The molecule has 0 radical (unpaired) electrons. The maximum absolute atomic E-state index is 11.9. The summed E-state index contributed by atoms with van der Waals surface area (Å²) in [5.41, 5.74) is 0. The highest BCUT2D eigenvalue weighted by Gasteiger charge is 2.32. The number of nitrogens with zero attached hydrogens (tertiary/aromatic N) is 1. The van der Waals surface area contributed by atoms with Crippen molar-refractivity contribution in [3.05, 3.63) is 0 Å². The lowest BCUT2D eigenvalue weighted by Crippen LogP contribution is -2.32. The summed E-state index contributed by atoms with van der Waals surface area (Å²) < 4.78 is 0. The van der Waals surface area contributed by atoms with E-state index in [1.807, 2.05) is 0 Å². The molecule has 0 bridgehead atoms. The van der Waals surface area contributed by atoms with Crippen molar-refractivity contribution in [1.82, 2.24) is 10.4 Å². The van der Waals surface area contributed by atoms with E-state index >= 15 is 0 Å². The van der Waals surface area contributed by atoms with Crippen LogP contribution < -0.4 is 5.32 Å². The van der Waals surface area contributed by atoms with Crippen LogP contribution >= 0.6 is 21.6 Å². The molecule has 2 rings (SSSR count). The van der Waals surface area contributed by atoms with Crippen molar-refractivity contribution >= 4 is 45.3 Å². The fourth-order valence-corrected chi connectivity index (χ4v) is 6.73. The summed E-state index contributed by atoms with van der Waals surface area (Å²) in [5.74, 6) is 1.02. The Morgan fingerprint density at radius 1 is 0.758 bits per heavy atom. The zero-order valence-electron chi connectivity index (χ0n) is 19.8. The van der Waals surface area contributed by atoms with Crippen molar-refractivity contribution in [3.63, 3.8) is 0 Å². The van der Waals surface area contributed by atoms with Crippen LogP contribution in [0.4, 0.5) is 0 Å². The van der Waals surface area contributed by atoms with Crippen molar-refractivity contribution in [1.29, 1.82) is 0 Å². The molecule has 2 fully saturated rings. The van der Waals surface area contributed by atoms with Crippen LogP contribution in [-0.2, 0) is 24.0 Å². The topological polar surface area (TPSA) is 92.8 Å². The van der Waals surface area contributed by atoms with Gasteiger partial charge in [0, 0.05) is 37.3 Å². The number of hydrogen-bond acceptors (Lipinski definition) is 7. The van der Waals surface area contributed by atoms with Crippen LogP contribution in [0.1, 0.15) is 103 Å². The van der Waals surface area contributed by atoms with E-state index in [1.165, 1.54) is 57.8 Å². The number of hydrogen-bond donors (Lipinski definition) is 1. The quantitative estimate of drug-likeness (QED) is 0.157. The second-order valence-electron chi connectivity index (χ2n) is 8.95. The van der Waals surface area contributed by atoms with Gasteiger partial charge < -0.3 is 10.2 Å². The molecule has 0 aliphatic carbocycles. The van der Waals surface area contributed by atoms with Crippen LogP contribution in [0, 0.1) is 5.92 Å². The van der Waals surface area contributed by atoms with Crippen LogP contribution in [0.3, 0.4) is 0 Å². The monoisotopic (exact) mass is 500 g/mol. The molecule has 2 aliphatic rings. The zero-order chi connectivity index (χ0) is 23.7. The third-order valence-corrected chi connectivity index (χ3v) is 8.61. The largest absolute Gasteiger partial charge is 0.356 e. The number of carbonyl (C=O) groups is 4. The first kappa shape index (κ1) is 28.0. The van der Waals surface area contributed by atoms with Gasteiger partial charge in [-0.1, -0.05) is 92.2 Å². The van der Waals surface area contributed by atoms with E-state index in [0.29, 0.717) is 5.06 Å². The van der Waals surface area contributed by atoms with Crippen molar-refractivity contribution in [3.8, 4) is 0 Å². The molecular weight excluding hydrogens is 460 g/mol. The molecule has 2 heterocycles. The summed E-state index contributed by atoms with van der Waals surface area (Å²) in [6.45, 7) is 0.823. The van der Waals surface area contributed by atoms with Crippen LogP contribution in [0.15, 0.2) is 0 Å². The van der Waals surface area contributed by atoms with E-state index in [9.17, 15) is 19.2 Å². The van der Waals surface area contributed by atoms with Crippen LogP contribution in [0.25, 0.3) is 0 Å². The van der Waals surface area contributed by atoms with Gasteiger partial charge in [0.25, 0.3) is 11.8 Å². The average Bonchev–Trinajstić information content (AvgIpc) is 3.45. The molecule has 0 spiro atoms. The van der Waals surface area contributed by atoms with E-state index in [1.54, 1.807) is 21.6 Å². The minimum atomic E-state index is -0.495. The Kier molecular flexibility index (Phi) is 14.6. The van der Waals surface area contributed by atoms with Gasteiger partial charge in [0.2, 0.25) is 5.91 Å². The summed E-state index contributed by atoms with van der Waals surface area (Å²) in [5, 5.41) is 3.70. The lowest BCUT2D eigenvalue weighted by atomic mass is 10.0. The Balaban J connectivity index is 1.26. The molecule has 7 nitrogen and oxygen atoms in total. The number of imide groups is 1. The molecule has 33 heavy (non-hydrogen) atoms. The molecule has 3 amide bonds. The fourth-order valence-electron chi connectivity index (χ4n) is 3.96. The standard InChI is InChI=1S/C24H40N2O5S2/c27-21-15-16-22(28)26(21)31-23(29)14-12-10-8-6-4-2-1-3-5-7-9-11-13-17-25-24(30)20-18-32-33-19-20/h20H,1-19H2,(H,25,30). The number of carbonyl (C=O) groups excluding carboxylic acids is 4. The zero-order valence-corrected chi connectivity index (χ0v) is 21.5. The van der Waals surface area contributed by atoms with Crippen molar-refractivity contribution < 1.29 is 24.0 Å². The molecule has 0 unspecified atom stereocenters. The van der Waals surface area contributed by atoms with E-state index in [2.05, 4.69) is 5.32 Å². The fraction of sp³-hybridized carbons (Fsp3) is 0.833. The molecule has 0 saturated carbocycles. The molecule has 1 N–H and O–H groups in total. The number of nitrogens with one attached hydrogen (secondary N) is 1. The van der Waals surface area contributed by atoms with E-state index in [4.69, 9.17) is 4.84 Å². The van der Waals surface area contributed by atoms with Crippen molar-refractivity contribution in [2.45, 2.75) is 103 Å². The molecule has 0 atom stereocenters. The predicted molar refractivity (Wildman–Crippen MR) is 133 cm³/mol. The number of unbranched alkanes of at least 4 members (excludes halogenated alkanes) is 12. The third-order valence-electron chi connectivity index (χ3n) is 6.05. The van der Waals surface area contributed by atoms with Gasteiger partial charge in [0.05, 0.1) is 5.92 Å². The Morgan fingerprint density at radius 2 is 1.21 bits per heavy atom. The van der Waals surface area contributed by atoms with Crippen LogP contribution in [0.5, 0.6) is 0 Å². The molecule has 0 aromatic rings. The van der Waals surface area contributed by atoms with Gasteiger partial charge in [0.1, 0.15) is 0 Å². The Labute approximate surface area is 206 Å². The van der Waals surface area contributed by atoms with E-state index in [-0.39, 0.29) is 31.1 Å². The van der Waals surface area contributed by atoms with E-state index < -0.39 is 17.8 Å². The van der Waals surface area contributed by atoms with Gasteiger partial charge in [-0.2, -0.15) is 0 Å². The third kappa shape index (κ3) is 12.2. The van der Waals surface area contributed by atoms with Gasteiger partial charge in [-0.25, -0.2) is 4.79 Å². The molecule has 188 valence electrons. The average molecular weight is 501 g/mol. The maximum atomic E-state index is 11.9. The second kappa shape index (κ2) is 17.2. The minimum absolute atomic E-state index is 0.131. The van der Waals surface area contributed by atoms with Gasteiger partial charge in [-0.15, -0.1) is 5.06 Å². The number of hydroxylamine groups is 2. The minimum Gasteiger partial charge on any atom is -0.356 e. The lowest BCUT2D eigenvalue weighted by Gasteiger charge is -2.12. The highest BCUT2D eigenvalue weighted by molar-refractivity contribution is 8.77. The normalized spacial score (nSPS) is 16.5. The first-order valence-electron chi connectivity index (χ1n) is 12.7. The highest BCUT2D eigenvalue weighted by Crippen LogP contribution is 2.34. The molecule has 2 aliphatic heterocycles. The molecule has 0 aromatic carbocycles. The molecule has 2 saturated heterocycles. The van der Waals surface area contributed by atoms with Crippen molar-refractivity contribution in [2.75, 3.05) is 18.1 Å². The highest BCUT2D eigenvalue weighted by atomic mass is 33.1. The van der Waals surface area contributed by atoms with E-state index in [0.717, 1.165) is 43.7 Å². The molecule has 9 heteroatoms.